The van der Waals surface area contributed by atoms with E-state index in [0.717, 1.165) is 12.1 Å². The molecule has 32 heavy (non-hydrogen) atoms. The molecule has 0 radical (unpaired) electrons. The number of benzene rings is 2. The van der Waals surface area contributed by atoms with Crippen molar-refractivity contribution in [3.63, 3.8) is 0 Å². The third-order valence-electron chi connectivity index (χ3n) is 6.60. The summed E-state index contributed by atoms with van der Waals surface area (Å²) in [7, 11) is -4.22. The van der Waals surface area contributed by atoms with Gasteiger partial charge >= 0.3 is 0 Å². The van der Waals surface area contributed by atoms with Gasteiger partial charge in [-0.05, 0) is 62.1 Å². The summed E-state index contributed by atoms with van der Waals surface area (Å²) in [5.74, 6) is -2.80. The predicted octanol–water partition coefficient (Wildman–Crippen LogP) is 4.64. The lowest BCUT2D eigenvalue weighted by Crippen LogP contribution is -2.57. The molecule has 0 saturated carbocycles. The van der Waals surface area contributed by atoms with E-state index in [9.17, 15) is 17.9 Å². The second-order valence-corrected chi connectivity index (χ2v) is 10.9. The molecule has 0 bridgehead atoms. The molecule has 1 N–H and O–H groups in total. The molecule has 1 fully saturated rings. The first-order chi connectivity index (χ1) is 15.2. The Labute approximate surface area is 191 Å². The van der Waals surface area contributed by atoms with E-state index < -0.39 is 44.3 Å². The standard InChI is InChI=1S/C23H25ClF2O5S/c1-2-15(27)5-10-20-17-13-31-22-19(26)9-8-18(25)21(22)23(17,11-12-30-20)32(28,29)16-6-3-14(24)4-7-16/h3-4,6-9,15,17,20,27H,2,5,10-13H2,1H3/t15?,17-,20-,23-/m0/s1. The van der Waals surface area contributed by atoms with Crippen LogP contribution >= 0.6 is 11.6 Å². The molecular weight excluding hydrogens is 462 g/mol. The molecule has 0 aliphatic carbocycles. The number of halogens is 3. The Morgan fingerprint density at radius 2 is 1.88 bits per heavy atom. The van der Waals surface area contributed by atoms with Crippen LogP contribution in [0.1, 0.15) is 38.2 Å². The van der Waals surface area contributed by atoms with Crippen LogP contribution in [0.25, 0.3) is 0 Å². The minimum Gasteiger partial charge on any atom is -0.490 e. The van der Waals surface area contributed by atoms with E-state index in [0.29, 0.717) is 24.3 Å². The number of fused-ring (bicyclic) bond motifs is 3. The van der Waals surface area contributed by atoms with Crippen molar-refractivity contribution in [1.82, 2.24) is 0 Å². The lowest BCUT2D eigenvalue weighted by molar-refractivity contribution is -0.0800. The van der Waals surface area contributed by atoms with Crippen LogP contribution in [0.5, 0.6) is 5.75 Å². The van der Waals surface area contributed by atoms with E-state index in [-0.39, 0.29) is 35.8 Å². The monoisotopic (exact) mass is 486 g/mol. The molecule has 0 amide bonds. The summed E-state index contributed by atoms with van der Waals surface area (Å²) in [4.78, 5) is -0.0299. The van der Waals surface area contributed by atoms with Crippen molar-refractivity contribution in [1.29, 1.82) is 0 Å². The minimum atomic E-state index is -4.22. The highest BCUT2D eigenvalue weighted by Crippen LogP contribution is 2.56. The van der Waals surface area contributed by atoms with E-state index in [2.05, 4.69) is 0 Å². The zero-order valence-electron chi connectivity index (χ0n) is 17.6. The molecule has 2 aliphatic heterocycles. The SMILES string of the molecule is CCC(O)CC[C@@H]1OCC[C@@]2(S(=O)(=O)c3ccc(Cl)cc3)c3c(F)ccc(F)c3OC[C@@H]12. The Morgan fingerprint density at radius 3 is 2.56 bits per heavy atom. The van der Waals surface area contributed by atoms with Crippen LogP contribution in [-0.2, 0) is 19.3 Å². The summed E-state index contributed by atoms with van der Waals surface area (Å²) >= 11 is 5.95. The third-order valence-corrected chi connectivity index (χ3v) is 9.42. The molecule has 2 aliphatic rings. The van der Waals surface area contributed by atoms with Gasteiger partial charge in [-0.2, -0.15) is 0 Å². The Kier molecular flexibility index (Phi) is 6.51. The van der Waals surface area contributed by atoms with Gasteiger partial charge in [-0.25, -0.2) is 17.2 Å². The van der Waals surface area contributed by atoms with Crippen molar-refractivity contribution in [2.24, 2.45) is 5.92 Å². The van der Waals surface area contributed by atoms with E-state index in [1.807, 2.05) is 6.92 Å². The average molecular weight is 487 g/mol. The van der Waals surface area contributed by atoms with Crippen LogP contribution < -0.4 is 4.74 Å². The summed E-state index contributed by atoms with van der Waals surface area (Å²) in [6, 6.07) is 7.53. The summed E-state index contributed by atoms with van der Waals surface area (Å²) in [5, 5.41) is 10.4. The normalized spacial score (nSPS) is 26.0. The average Bonchev–Trinajstić information content (AvgIpc) is 2.79. The first kappa shape index (κ1) is 23.4. The first-order valence-electron chi connectivity index (χ1n) is 10.6. The Morgan fingerprint density at radius 1 is 1.19 bits per heavy atom. The maximum atomic E-state index is 15.3. The Balaban J connectivity index is 1.91. The van der Waals surface area contributed by atoms with E-state index in [4.69, 9.17) is 21.1 Å². The van der Waals surface area contributed by atoms with Crippen molar-refractivity contribution in [3.8, 4) is 5.75 Å². The highest BCUT2D eigenvalue weighted by Gasteiger charge is 2.61. The molecule has 2 heterocycles. The van der Waals surface area contributed by atoms with Crippen LogP contribution in [0.2, 0.25) is 5.02 Å². The largest absolute Gasteiger partial charge is 0.490 e. The summed E-state index contributed by atoms with van der Waals surface area (Å²) in [5.41, 5.74) is -0.284. The summed E-state index contributed by atoms with van der Waals surface area (Å²) in [6.45, 7) is 1.75. The number of aliphatic hydroxyl groups is 1. The van der Waals surface area contributed by atoms with Crippen LogP contribution in [-0.4, -0.2) is 38.9 Å². The van der Waals surface area contributed by atoms with E-state index in [1.54, 1.807) is 0 Å². The van der Waals surface area contributed by atoms with Crippen molar-refractivity contribution in [3.05, 3.63) is 58.6 Å². The lowest BCUT2D eigenvalue weighted by Gasteiger charge is -2.50. The third kappa shape index (κ3) is 3.71. The fourth-order valence-corrected chi connectivity index (χ4v) is 7.37. The molecule has 4 atom stereocenters. The second kappa shape index (κ2) is 8.89. The highest BCUT2D eigenvalue weighted by molar-refractivity contribution is 7.92. The molecule has 2 aromatic carbocycles. The van der Waals surface area contributed by atoms with Gasteiger partial charge in [-0.3, -0.25) is 0 Å². The topological polar surface area (TPSA) is 72.8 Å². The molecule has 1 saturated heterocycles. The molecular formula is C23H25ClF2O5S. The molecule has 5 nitrogen and oxygen atoms in total. The fraction of sp³-hybridized carbons (Fsp3) is 0.478. The molecule has 174 valence electrons. The Hall–Kier alpha value is -1.74. The zero-order chi connectivity index (χ0) is 23.1. The van der Waals surface area contributed by atoms with Gasteiger partial charge in [0.15, 0.2) is 21.4 Å². The van der Waals surface area contributed by atoms with Gasteiger partial charge in [0.25, 0.3) is 0 Å². The maximum Gasteiger partial charge on any atom is 0.189 e. The highest BCUT2D eigenvalue weighted by atomic mass is 35.5. The summed E-state index contributed by atoms with van der Waals surface area (Å²) in [6.07, 6.45) is 0.0915. The smallest absolute Gasteiger partial charge is 0.189 e. The van der Waals surface area contributed by atoms with Crippen LogP contribution in [0.3, 0.4) is 0 Å². The van der Waals surface area contributed by atoms with Gasteiger partial charge in [0.05, 0.1) is 29.3 Å². The second-order valence-electron chi connectivity index (χ2n) is 8.30. The Bertz CT molecular complexity index is 1090. The maximum absolute atomic E-state index is 15.3. The number of ether oxygens (including phenoxy) is 2. The predicted molar refractivity (Wildman–Crippen MR) is 116 cm³/mol. The van der Waals surface area contributed by atoms with Crippen molar-refractivity contribution >= 4 is 21.4 Å². The molecule has 4 rings (SSSR count). The van der Waals surface area contributed by atoms with Gasteiger partial charge in [-0.1, -0.05) is 18.5 Å². The molecule has 2 aromatic rings. The summed E-state index contributed by atoms with van der Waals surface area (Å²) < 4.78 is 67.9. The van der Waals surface area contributed by atoms with E-state index >= 15 is 4.39 Å². The minimum absolute atomic E-state index is 0.0299. The number of hydrogen-bond acceptors (Lipinski definition) is 5. The fourth-order valence-electron chi connectivity index (χ4n) is 4.90. The number of aliphatic hydroxyl groups excluding tert-OH is 1. The van der Waals surface area contributed by atoms with Crippen LogP contribution in [0.4, 0.5) is 8.78 Å². The lowest BCUT2D eigenvalue weighted by atomic mass is 9.74. The quantitative estimate of drug-likeness (QED) is 0.644. The van der Waals surface area contributed by atoms with Gasteiger partial charge in [0, 0.05) is 17.5 Å². The van der Waals surface area contributed by atoms with Crippen molar-refractivity contribution in [2.45, 2.75) is 54.5 Å². The van der Waals surface area contributed by atoms with Gasteiger partial charge in [-0.15, -0.1) is 0 Å². The van der Waals surface area contributed by atoms with Crippen LogP contribution in [0, 0.1) is 17.6 Å². The van der Waals surface area contributed by atoms with Crippen molar-refractivity contribution in [2.75, 3.05) is 13.2 Å². The zero-order valence-corrected chi connectivity index (χ0v) is 19.1. The van der Waals surface area contributed by atoms with Crippen LogP contribution in [0.15, 0.2) is 41.3 Å². The number of hydrogen-bond donors (Lipinski definition) is 1. The molecule has 0 spiro atoms. The number of rotatable bonds is 6. The van der Waals surface area contributed by atoms with Gasteiger partial charge in [0.2, 0.25) is 0 Å². The van der Waals surface area contributed by atoms with Gasteiger partial charge < -0.3 is 14.6 Å². The van der Waals surface area contributed by atoms with E-state index in [1.165, 1.54) is 24.3 Å². The molecule has 9 heteroatoms. The first-order valence-corrected chi connectivity index (χ1v) is 12.5. The number of sulfone groups is 1. The molecule has 0 aromatic heterocycles. The van der Waals surface area contributed by atoms with Crippen molar-refractivity contribution < 1.29 is 31.8 Å². The molecule has 1 unspecified atom stereocenters. The van der Waals surface area contributed by atoms with Gasteiger partial charge in [0.1, 0.15) is 10.6 Å².